The fraction of sp³-hybridized carbons (Fsp3) is 0.238. The van der Waals surface area contributed by atoms with Crippen molar-refractivity contribution < 1.29 is 17.9 Å². The summed E-state index contributed by atoms with van der Waals surface area (Å²) in [6.07, 6.45) is -2.76. The number of aromatic nitrogens is 1. The van der Waals surface area contributed by atoms with E-state index in [9.17, 15) is 13.2 Å². The van der Waals surface area contributed by atoms with E-state index in [1.54, 1.807) is 22.3 Å². The molecule has 0 aliphatic carbocycles. The van der Waals surface area contributed by atoms with Gasteiger partial charge in [-0.25, -0.2) is 4.68 Å². The van der Waals surface area contributed by atoms with Crippen LogP contribution in [-0.2, 0) is 6.18 Å². The number of hydrogen-bond acceptors (Lipinski definition) is 4. The predicted octanol–water partition coefficient (Wildman–Crippen LogP) is 5.44. The topological polar surface area (TPSA) is 38.9 Å². The average Bonchev–Trinajstić information content (AvgIpc) is 3.10. The van der Waals surface area contributed by atoms with E-state index in [2.05, 4.69) is 10.1 Å². The second-order valence-electron chi connectivity index (χ2n) is 6.01. The van der Waals surface area contributed by atoms with Crippen molar-refractivity contribution >= 4 is 17.6 Å². The van der Waals surface area contributed by atoms with Crippen molar-refractivity contribution in [1.29, 1.82) is 0 Å². The van der Waals surface area contributed by atoms with E-state index >= 15 is 0 Å². The molecule has 4 nitrogen and oxygen atoms in total. The summed E-state index contributed by atoms with van der Waals surface area (Å²) in [5.41, 5.74) is 1.12. The molecule has 0 saturated carbocycles. The second kappa shape index (κ2) is 9.09. The lowest BCUT2D eigenvalue weighted by atomic mass is 10.1. The molecule has 0 aliphatic heterocycles. The van der Waals surface area contributed by atoms with Gasteiger partial charge in [0.15, 0.2) is 0 Å². The van der Waals surface area contributed by atoms with Crippen molar-refractivity contribution in [1.82, 2.24) is 4.68 Å². The highest BCUT2D eigenvalue weighted by molar-refractivity contribution is 7.07. The van der Waals surface area contributed by atoms with Crippen LogP contribution in [0.1, 0.15) is 25.0 Å². The van der Waals surface area contributed by atoms with E-state index in [1.165, 1.54) is 17.4 Å². The zero-order valence-electron chi connectivity index (χ0n) is 16.0. The first-order valence-corrected chi connectivity index (χ1v) is 9.96. The number of alkyl halides is 3. The van der Waals surface area contributed by atoms with Gasteiger partial charge in [-0.05, 0) is 55.8 Å². The zero-order valence-corrected chi connectivity index (χ0v) is 16.8. The molecule has 0 fully saturated rings. The zero-order chi connectivity index (χ0) is 20.9. The van der Waals surface area contributed by atoms with E-state index in [1.807, 2.05) is 38.1 Å². The summed E-state index contributed by atoms with van der Waals surface area (Å²) in [4.78, 5) is 5.01. The molecule has 0 amide bonds. The molecule has 1 heterocycles. The quantitative estimate of drug-likeness (QED) is 0.491. The van der Waals surface area contributed by atoms with Crippen molar-refractivity contribution in [2.24, 2.45) is 10.1 Å². The van der Waals surface area contributed by atoms with Gasteiger partial charge in [-0.2, -0.15) is 18.3 Å². The third kappa shape index (κ3) is 5.14. The Morgan fingerprint density at radius 1 is 1.10 bits per heavy atom. The molecule has 0 bridgehead atoms. The molecule has 152 valence electrons. The number of benzene rings is 2. The van der Waals surface area contributed by atoms with Crippen LogP contribution in [0, 0.1) is 0 Å². The first kappa shape index (κ1) is 20.9. The molecule has 29 heavy (non-hydrogen) atoms. The molecule has 2 aromatic carbocycles. The lowest BCUT2D eigenvalue weighted by molar-refractivity contribution is -0.137. The number of rotatable bonds is 6. The van der Waals surface area contributed by atoms with E-state index in [0.717, 1.165) is 23.4 Å². The molecule has 0 atom stereocenters. The van der Waals surface area contributed by atoms with Crippen molar-refractivity contribution in [3.63, 3.8) is 0 Å². The van der Waals surface area contributed by atoms with Gasteiger partial charge in [-0.3, -0.25) is 4.99 Å². The van der Waals surface area contributed by atoms with Gasteiger partial charge < -0.3 is 4.74 Å². The summed E-state index contributed by atoms with van der Waals surface area (Å²) in [6.45, 7) is 4.93. The van der Waals surface area contributed by atoms with Crippen LogP contribution in [0.25, 0.3) is 11.3 Å². The maximum Gasteiger partial charge on any atom is 0.416 e. The normalized spacial score (nSPS) is 12.7. The van der Waals surface area contributed by atoms with Crippen molar-refractivity contribution in [3.05, 3.63) is 69.8 Å². The number of thiazole rings is 1. The molecule has 1 aromatic heterocycles. The minimum Gasteiger partial charge on any atom is -0.494 e. The molecular formula is C21H20F3N3OS. The molecule has 0 radical (unpaired) electrons. The Morgan fingerprint density at radius 2 is 1.86 bits per heavy atom. The van der Waals surface area contributed by atoms with Gasteiger partial charge in [0, 0.05) is 17.5 Å². The summed E-state index contributed by atoms with van der Waals surface area (Å²) in [5.74, 6) is 0.763. The minimum atomic E-state index is -4.40. The number of nitrogens with zero attached hydrogens (tertiary/aromatic N) is 3. The molecule has 0 aliphatic rings. The summed E-state index contributed by atoms with van der Waals surface area (Å²) in [5, 5.41) is 6.25. The highest BCUT2D eigenvalue weighted by atomic mass is 32.1. The third-order valence-corrected chi connectivity index (χ3v) is 4.83. The van der Waals surface area contributed by atoms with Crippen molar-refractivity contribution in [2.45, 2.75) is 20.0 Å². The summed E-state index contributed by atoms with van der Waals surface area (Å²) >= 11 is 1.33. The second-order valence-corrected chi connectivity index (χ2v) is 6.85. The number of ether oxygens (including phenoxy) is 1. The van der Waals surface area contributed by atoms with Crippen LogP contribution in [0.15, 0.2) is 64.0 Å². The van der Waals surface area contributed by atoms with E-state index in [0.29, 0.717) is 29.2 Å². The molecule has 0 unspecified atom stereocenters. The molecule has 0 N–H and O–H groups in total. The largest absolute Gasteiger partial charge is 0.494 e. The standard InChI is InChI=1S/C21H20F3N3OS/c1-3-25-20-27(26-13-15-8-10-18(11-9-15)28-4-2)19(14-29-20)16-6-5-7-17(12-16)21(22,23)24/h5-14H,3-4H2,1-2H3/b25-20?,26-13-. The molecule has 3 aromatic rings. The van der Waals surface area contributed by atoms with E-state index in [-0.39, 0.29) is 0 Å². The smallest absolute Gasteiger partial charge is 0.416 e. The van der Waals surface area contributed by atoms with Crippen LogP contribution in [0.4, 0.5) is 13.2 Å². The van der Waals surface area contributed by atoms with Gasteiger partial charge in [0.2, 0.25) is 4.80 Å². The Bertz CT molecular complexity index is 1050. The maximum absolute atomic E-state index is 13.1. The maximum atomic E-state index is 13.1. The Labute approximate surface area is 170 Å². The monoisotopic (exact) mass is 419 g/mol. The van der Waals surface area contributed by atoms with E-state index < -0.39 is 11.7 Å². The minimum absolute atomic E-state index is 0.428. The molecule has 0 saturated heterocycles. The van der Waals surface area contributed by atoms with E-state index in [4.69, 9.17) is 4.74 Å². The SMILES string of the molecule is CCN=c1scc(-c2cccc(C(F)(F)F)c2)n1/N=C\c1ccc(OCC)cc1. The first-order chi connectivity index (χ1) is 13.9. The Hall–Kier alpha value is -2.87. The predicted molar refractivity (Wildman–Crippen MR) is 109 cm³/mol. The third-order valence-electron chi connectivity index (χ3n) is 3.98. The van der Waals surface area contributed by atoms with Crippen LogP contribution in [0.3, 0.4) is 0 Å². The first-order valence-electron chi connectivity index (χ1n) is 9.08. The van der Waals surface area contributed by atoms with Crippen LogP contribution in [0.2, 0.25) is 0 Å². The van der Waals surface area contributed by atoms with Gasteiger partial charge in [-0.15, -0.1) is 11.3 Å². The Kier molecular flexibility index (Phi) is 6.53. The van der Waals surface area contributed by atoms with Crippen molar-refractivity contribution in [2.75, 3.05) is 13.2 Å². The van der Waals surface area contributed by atoms with Gasteiger partial charge in [-0.1, -0.05) is 12.1 Å². The molecule has 8 heteroatoms. The van der Waals surface area contributed by atoms with Crippen LogP contribution in [0.5, 0.6) is 5.75 Å². The van der Waals surface area contributed by atoms with Crippen LogP contribution in [-0.4, -0.2) is 24.0 Å². The molecule has 0 spiro atoms. The van der Waals surface area contributed by atoms with Crippen LogP contribution < -0.4 is 9.54 Å². The fourth-order valence-corrected chi connectivity index (χ4v) is 3.55. The lowest BCUT2D eigenvalue weighted by Gasteiger charge is -2.09. The van der Waals surface area contributed by atoms with Gasteiger partial charge in [0.1, 0.15) is 5.75 Å². The van der Waals surface area contributed by atoms with Crippen LogP contribution >= 0.6 is 11.3 Å². The van der Waals surface area contributed by atoms with Gasteiger partial charge in [0.25, 0.3) is 0 Å². The highest BCUT2D eigenvalue weighted by Gasteiger charge is 2.30. The number of hydrogen-bond donors (Lipinski definition) is 0. The van der Waals surface area contributed by atoms with Gasteiger partial charge >= 0.3 is 6.18 Å². The summed E-state index contributed by atoms with van der Waals surface area (Å²) in [6, 6.07) is 12.6. The fourth-order valence-electron chi connectivity index (χ4n) is 2.65. The van der Waals surface area contributed by atoms with Gasteiger partial charge in [0.05, 0.1) is 24.1 Å². The summed E-state index contributed by atoms with van der Waals surface area (Å²) in [7, 11) is 0. The highest BCUT2D eigenvalue weighted by Crippen LogP contribution is 2.32. The lowest BCUT2D eigenvalue weighted by Crippen LogP contribution is -2.12. The average molecular weight is 419 g/mol. The Balaban J connectivity index is 2.00. The van der Waals surface area contributed by atoms with Crippen molar-refractivity contribution in [3.8, 4) is 17.0 Å². The summed E-state index contributed by atoms with van der Waals surface area (Å²) < 4.78 is 46.3. The molecule has 3 rings (SSSR count). The molecular weight excluding hydrogens is 399 g/mol. The Morgan fingerprint density at radius 3 is 2.52 bits per heavy atom. The number of halogens is 3.